The summed E-state index contributed by atoms with van der Waals surface area (Å²) in [5, 5.41) is 4.40. The quantitative estimate of drug-likeness (QED) is 0.903. The fourth-order valence-electron chi connectivity index (χ4n) is 2.79. The number of hydrogen-bond acceptors (Lipinski definition) is 4. The van der Waals surface area contributed by atoms with Gasteiger partial charge in [-0.1, -0.05) is 13.3 Å². The highest BCUT2D eigenvalue weighted by Crippen LogP contribution is 2.24. The number of nitrogens with zero attached hydrogens (tertiary/aromatic N) is 4. The van der Waals surface area contributed by atoms with Crippen LogP contribution in [0.2, 0.25) is 0 Å². The van der Waals surface area contributed by atoms with Crippen LogP contribution in [0.4, 0.5) is 5.82 Å². The van der Waals surface area contributed by atoms with Crippen LogP contribution in [0.25, 0.3) is 5.65 Å². The van der Waals surface area contributed by atoms with E-state index in [4.69, 9.17) is 5.73 Å². The lowest BCUT2D eigenvalue weighted by Crippen LogP contribution is -2.25. The van der Waals surface area contributed by atoms with E-state index in [0.717, 1.165) is 49.6 Å². The van der Waals surface area contributed by atoms with Crippen LogP contribution in [0.5, 0.6) is 0 Å². The van der Waals surface area contributed by atoms with Gasteiger partial charge in [0.15, 0.2) is 5.65 Å². The van der Waals surface area contributed by atoms with Gasteiger partial charge in [-0.05, 0) is 25.3 Å². The van der Waals surface area contributed by atoms with Crippen molar-refractivity contribution in [2.75, 3.05) is 24.5 Å². The summed E-state index contributed by atoms with van der Waals surface area (Å²) in [5.41, 5.74) is 7.88. The number of hydrogen-bond donors (Lipinski definition) is 1. The van der Waals surface area contributed by atoms with Gasteiger partial charge in [-0.15, -0.1) is 0 Å². The molecule has 2 aromatic rings. The Bertz CT molecular complexity index is 562. The second-order valence-corrected chi connectivity index (χ2v) is 5.29. The van der Waals surface area contributed by atoms with Gasteiger partial charge in [0, 0.05) is 30.9 Å². The lowest BCUT2D eigenvalue weighted by molar-refractivity contribution is 0.601. The van der Waals surface area contributed by atoms with Gasteiger partial charge in [0.25, 0.3) is 0 Å². The first-order chi connectivity index (χ1) is 9.31. The minimum Gasteiger partial charge on any atom is -0.356 e. The van der Waals surface area contributed by atoms with E-state index in [0.29, 0.717) is 5.92 Å². The maximum Gasteiger partial charge on any atom is 0.157 e. The number of aromatic nitrogens is 3. The first-order valence-corrected chi connectivity index (χ1v) is 7.10. The van der Waals surface area contributed by atoms with Gasteiger partial charge in [0.1, 0.15) is 5.82 Å². The zero-order chi connectivity index (χ0) is 13.2. The molecule has 5 nitrogen and oxygen atoms in total. The van der Waals surface area contributed by atoms with E-state index in [-0.39, 0.29) is 0 Å². The van der Waals surface area contributed by atoms with Crippen LogP contribution in [0.1, 0.15) is 25.5 Å². The molecule has 0 bridgehead atoms. The molecular weight excluding hydrogens is 238 g/mol. The van der Waals surface area contributed by atoms with E-state index >= 15 is 0 Å². The Labute approximate surface area is 113 Å². The predicted molar refractivity (Wildman–Crippen MR) is 76.4 cm³/mol. The fraction of sp³-hybridized carbons (Fsp3) is 0.571. The highest BCUT2D eigenvalue weighted by Gasteiger charge is 2.23. The summed E-state index contributed by atoms with van der Waals surface area (Å²) in [4.78, 5) is 7.03. The molecule has 1 saturated heterocycles. The molecule has 1 aliphatic rings. The zero-order valence-corrected chi connectivity index (χ0v) is 11.4. The Morgan fingerprint density at radius 2 is 2.37 bits per heavy atom. The predicted octanol–water partition coefficient (Wildman–Crippen LogP) is 1.47. The molecule has 19 heavy (non-hydrogen) atoms. The second-order valence-electron chi connectivity index (χ2n) is 5.29. The Hall–Kier alpha value is -1.62. The SMILES string of the molecule is CCCc1cc(N2CC[C@H](CN)C2)n2nccc2n1. The largest absolute Gasteiger partial charge is 0.356 e. The third-order valence-corrected chi connectivity index (χ3v) is 3.84. The average Bonchev–Trinajstić information content (AvgIpc) is 3.06. The molecule has 0 amide bonds. The molecular formula is C14H21N5. The molecule has 1 aliphatic heterocycles. The minimum absolute atomic E-state index is 0.605. The normalized spacial score (nSPS) is 19.5. The zero-order valence-electron chi connectivity index (χ0n) is 11.4. The molecule has 0 radical (unpaired) electrons. The topological polar surface area (TPSA) is 59.5 Å². The maximum absolute atomic E-state index is 5.78. The van der Waals surface area contributed by atoms with Gasteiger partial charge in [0.05, 0.1) is 6.20 Å². The Morgan fingerprint density at radius 3 is 3.11 bits per heavy atom. The van der Waals surface area contributed by atoms with Gasteiger partial charge < -0.3 is 10.6 Å². The maximum atomic E-state index is 5.78. The summed E-state index contributed by atoms with van der Waals surface area (Å²) in [6.07, 6.45) is 5.12. The molecule has 0 aromatic carbocycles. The van der Waals surface area contributed by atoms with E-state index in [1.165, 1.54) is 6.42 Å². The van der Waals surface area contributed by atoms with Crippen LogP contribution in [0.3, 0.4) is 0 Å². The number of nitrogens with two attached hydrogens (primary N) is 1. The van der Waals surface area contributed by atoms with E-state index in [1.807, 2.05) is 16.8 Å². The summed E-state index contributed by atoms with van der Waals surface area (Å²) in [7, 11) is 0. The van der Waals surface area contributed by atoms with Crippen molar-refractivity contribution in [3.05, 3.63) is 24.0 Å². The first-order valence-electron chi connectivity index (χ1n) is 7.10. The van der Waals surface area contributed by atoms with Crippen LogP contribution < -0.4 is 10.6 Å². The van der Waals surface area contributed by atoms with Crippen LogP contribution >= 0.6 is 0 Å². The number of anilines is 1. The van der Waals surface area contributed by atoms with Crippen molar-refractivity contribution in [2.45, 2.75) is 26.2 Å². The standard InChI is InChI=1S/C14H21N5/c1-2-3-12-8-14(18-7-5-11(9-15)10-18)19-13(17-12)4-6-16-19/h4,6,8,11H,2-3,5,7,9-10,15H2,1H3/t11-/m1/s1. The Balaban J connectivity index is 1.98. The van der Waals surface area contributed by atoms with Gasteiger partial charge in [-0.3, -0.25) is 0 Å². The van der Waals surface area contributed by atoms with Crippen molar-refractivity contribution in [3.63, 3.8) is 0 Å². The monoisotopic (exact) mass is 259 g/mol. The van der Waals surface area contributed by atoms with E-state index in [9.17, 15) is 0 Å². The molecule has 1 atom stereocenters. The average molecular weight is 259 g/mol. The summed E-state index contributed by atoms with van der Waals surface area (Å²) in [5.74, 6) is 1.77. The Morgan fingerprint density at radius 1 is 1.47 bits per heavy atom. The van der Waals surface area contributed by atoms with E-state index in [1.54, 1.807) is 0 Å². The molecule has 0 aliphatic carbocycles. The van der Waals surface area contributed by atoms with Crippen LogP contribution in [0.15, 0.2) is 18.3 Å². The van der Waals surface area contributed by atoms with Crippen molar-refractivity contribution in [3.8, 4) is 0 Å². The first kappa shape index (κ1) is 12.4. The molecule has 102 valence electrons. The summed E-state index contributed by atoms with van der Waals surface area (Å²) in [6.45, 7) is 5.04. The van der Waals surface area contributed by atoms with Gasteiger partial charge in [-0.25, -0.2) is 4.98 Å². The number of rotatable bonds is 4. The second kappa shape index (κ2) is 5.17. The third kappa shape index (κ3) is 2.30. The smallest absolute Gasteiger partial charge is 0.157 e. The molecule has 1 fully saturated rings. The summed E-state index contributed by atoms with van der Waals surface area (Å²) >= 11 is 0. The Kier molecular flexibility index (Phi) is 3.38. The fourth-order valence-corrected chi connectivity index (χ4v) is 2.79. The summed E-state index contributed by atoms with van der Waals surface area (Å²) < 4.78 is 1.94. The molecule has 3 heterocycles. The number of aryl methyl sites for hydroxylation is 1. The molecule has 0 saturated carbocycles. The van der Waals surface area contributed by atoms with Crippen molar-refractivity contribution in [1.82, 2.24) is 14.6 Å². The van der Waals surface area contributed by atoms with E-state index in [2.05, 4.69) is 28.0 Å². The third-order valence-electron chi connectivity index (χ3n) is 3.84. The molecule has 2 N–H and O–H groups in total. The molecule has 0 spiro atoms. The molecule has 5 heteroatoms. The number of fused-ring (bicyclic) bond motifs is 1. The van der Waals surface area contributed by atoms with Crippen LogP contribution in [0, 0.1) is 5.92 Å². The van der Waals surface area contributed by atoms with Crippen LogP contribution in [-0.4, -0.2) is 34.2 Å². The van der Waals surface area contributed by atoms with Crippen molar-refractivity contribution in [2.24, 2.45) is 11.7 Å². The summed E-state index contributed by atoms with van der Waals surface area (Å²) in [6, 6.07) is 4.15. The van der Waals surface area contributed by atoms with Crippen molar-refractivity contribution < 1.29 is 0 Å². The van der Waals surface area contributed by atoms with Gasteiger partial charge in [0.2, 0.25) is 0 Å². The van der Waals surface area contributed by atoms with Crippen molar-refractivity contribution >= 4 is 11.5 Å². The van der Waals surface area contributed by atoms with E-state index < -0.39 is 0 Å². The molecule has 3 rings (SSSR count). The van der Waals surface area contributed by atoms with Crippen LogP contribution in [-0.2, 0) is 6.42 Å². The molecule has 2 aromatic heterocycles. The lowest BCUT2D eigenvalue weighted by atomic mass is 10.1. The highest BCUT2D eigenvalue weighted by molar-refractivity contribution is 5.51. The minimum atomic E-state index is 0.605. The molecule has 0 unspecified atom stereocenters. The van der Waals surface area contributed by atoms with Gasteiger partial charge >= 0.3 is 0 Å². The van der Waals surface area contributed by atoms with Gasteiger partial charge in [-0.2, -0.15) is 9.61 Å². The van der Waals surface area contributed by atoms with Crippen molar-refractivity contribution in [1.29, 1.82) is 0 Å². The lowest BCUT2D eigenvalue weighted by Gasteiger charge is -2.20. The highest BCUT2D eigenvalue weighted by atomic mass is 15.3.